The van der Waals surface area contributed by atoms with Crippen molar-refractivity contribution < 1.29 is 0 Å². The third kappa shape index (κ3) is 7.11. The summed E-state index contributed by atoms with van der Waals surface area (Å²) < 4.78 is 0. The van der Waals surface area contributed by atoms with Crippen LogP contribution in [0.3, 0.4) is 0 Å². The van der Waals surface area contributed by atoms with E-state index in [4.69, 9.17) is 0 Å². The SMILES string of the molecule is SCCCCCCCCCCc1ccc2cc(CCS)ccc2c1. The summed E-state index contributed by atoms with van der Waals surface area (Å²) in [6, 6.07) is 13.8. The van der Waals surface area contributed by atoms with E-state index in [1.807, 2.05) is 0 Å². The van der Waals surface area contributed by atoms with Gasteiger partial charge >= 0.3 is 0 Å². The summed E-state index contributed by atoms with van der Waals surface area (Å²) in [6.45, 7) is 0. The van der Waals surface area contributed by atoms with Crippen LogP contribution in [0.2, 0.25) is 0 Å². The number of fused-ring (bicyclic) bond motifs is 1. The highest BCUT2D eigenvalue weighted by molar-refractivity contribution is 7.80. The number of aryl methyl sites for hydroxylation is 2. The van der Waals surface area contributed by atoms with E-state index in [0.29, 0.717) is 0 Å². The predicted molar refractivity (Wildman–Crippen MR) is 116 cm³/mol. The Hall–Kier alpha value is -0.600. The summed E-state index contributed by atoms with van der Waals surface area (Å²) >= 11 is 8.58. The molecule has 2 aromatic carbocycles. The van der Waals surface area contributed by atoms with Gasteiger partial charge in [0, 0.05) is 0 Å². The number of rotatable bonds is 12. The molecule has 2 heteroatoms. The standard InChI is InChI=1S/C22H32S2/c23-15-8-6-4-2-1-3-5-7-9-19-10-12-22-18-20(14-16-24)11-13-21(22)17-19/h10-13,17-18,23-24H,1-9,14-16H2. The number of unbranched alkanes of at least 4 members (excludes halogenated alkanes) is 7. The Morgan fingerprint density at radius 1 is 0.500 bits per heavy atom. The van der Waals surface area contributed by atoms with Crippen molar-refractivity contribution >= 4 is 36.0 Å². The van der Waals surface area contributed by atoms with Crippen LogP contribution in [-0.4, -0.2) is 11.5 Å². The average molecular weight is 361 g/mol. The molecule has 0 spiro atoms. The lowest BCUT2D eigenvalue weighted by Gasteiger charge is -2.06. The summed E-state index contributed by atoms with van der Waals surface area (Å²) in [5.41, 5.74) is 2.87. The molecule has 0 aliphatic carbocycles. The summed E-state index contributed by atoms with van der Waals surface area (Å²) in [7, 11) is 0. The normalized spacial score (nSPS) is 11.2. The zero-order chi connectivity index (χ0) is 17.0. The van der Waals surface area contributed by atoms with E-state index >= 15 is 0 Å². The third-order valence-corrected chi connectivity index (χ3v) is 5.28. The number of hydrogen-bond acceptors (Lipinski definition) is 2. The topological polar surface area (TPSA) is 0 Å². The Morgan fingerprint density at radius 3 is 1.54 bits per heavy atom. The zero-order valence-corrected chi connectivity index (χ0v) is 16.6. The molecule has 0 nitrogen and oxygen atoms in total. The first kappa shape index (κ1) is 19.7. The molecule has 0 aliphatic heterocycles. The molecule has 0 atom stereocenters. The number of thiol groups is 2. The predicted octanol–water partition coefficient (Wildman–Crippen LogP) is 6.91. The summed E-state index contributed by atoms with van der Waals surface area (Å²) in [4.78, 5) is 0. The van der Waals surface area contributed by atoms with Crippen LogP contribution >= 0.6 is 25.3 Å². The first-order valence-electron chi connectivity index (χ1n) is 9.57. The second kappa shape index (κ2) is 11.9. The largest absolute Gasteiger partial charge is 0.179 e. The Balaban J connectivity index is 1.68. The van der Waals surface area contributed by atoms with E-state index in [9.17, 15) is 0 Å². The summed E-state index contributed by atoms with van der Waals surface area (Å²) in [6.07, 6.45) is 13.2. The first-order chi connectivity index (χ1) is 11.8. The lowest BCUT2D eigenvalue weighted by Crippen LogP contribution is -1.89. The Labute approximate surface area is 159 Å². The van der Waals surface area contributed by atoms with E-state index < -0.39 is 0 Å². The molecule has 0 aliphatic rings. The molecular formula is C22H32S2. The van der Waals surface area contributed by atoms with Gasteiger partial charge in [-0.1, -0.05) is 74.9 Å². The molecule has 0 fully saturated rings. The van der Waals surface area contributed by atoms with Crippen molar-refractivity contribution in [1.29, 1.82) is 0 Å². The minimum absolute atomic E-state index is 0.915. The van der Waals surface area contributed by atoms with E-state index in [2.05, 4.69) is 61.7 Å². The fraction of sp³-hybridized carbons (Fsp3) is 0.545. The fourth-order valence-corrected chi connectivity index (χ4v) is 3.77. The van der Waals surface area contributed by atoms with Crippen molar-refractivity contribution in [3.8, 4) is 0 Å². The van der Waals surface area contributed by atoms with Crippen LogP contribution in [0.4, 0.5) is 0 Å². The van der Waals surface area contributed by atoms with Gasteiger partial charge in [0.1, 0.15) is 0 Å². The zero-order valence-electron chi connectivity index (χ0n) is 14.8. The molecule has 0 amide bonds. The van der Waals surface area contributed by atoms with Gasteiger partial charge in [0.15, 0.2) is 0 Å². The van der Waals surface area contributed by atoms with Crippen LogP contribution in [0.5, 0.6) is 0 Å². The molecule has 0 heterocycles. The smallest absolute Gasteiger partial charge is 0.00574 e. The minimum Gasteiger partial charge on any atom is -0.179 e. The Bertz CT molecular complexity index is 592. The maximum absolute atomic E-state index is 4.32. The van der Waals surface area contributed by atoms with Crippen LogP contribution in [0.15, 0.2) is 36.4 Å². The fourth-order valence-electron chi connectivity index (χ4n) is 3.29. The molecule has 0 unspecified atom stereocenters. The maximum Gasteiger partial charge on any atom is -0.00574 e. The van der Waals surface area contributed by atoms with Gasteiger partial charge in [-0.05, 0) is 59.1 Å². The highest BCUT2D eigenvalue weighted by atomic mass is 32.1. The van der Waals surface area contributed by atoms with Crippen molar-refractivity contribution in [3.63, 3.8) is 0 Å². The number of benzene rings is 2. The highest BCUT2D eigenvalue weighted by Gasteiger charge is 2.00. The molecule has 24 heavy (non-hydrogen) atoms. The summed E-state index contributed by atoms with van der Waals surface area (Å²) in [5, 5.41) is 2.74. The van der Waals surface area contributed by atoms with E-state index in [1.165, 1.54) is 79.7 Å². The van der Waals surface area contributed by atoms with Crippen LogP contribution < -0.4 is 0 Å². The number of hydrogen-bond donors (Lipinski definition) is 2. The van der Waals surface area contributed by atoms with E-state index in [0.717, 1.165) is 17.9 Å². The Kier molecular flexibility index (Phi) is 9.75. The monoisotopic (exact) mass is 360 g/mol. The summed E-state index contributed by atoms with van der Waals surface area (Å²) in [5.74, 6) is 1.96. The lowest BCUT2D eigenvalue weighted by molar-refractivity contribution is 0.577. The molecule has 0 N–H and O–H groups in total. The van der Waals surface area contributed by atoms with Crippen molar-refractivity contribution in [3.05, 3.63) is 47.5 Å². The van der Waals surface area contributed by atoms with Crippen molar-refractivity contribution in [1.82, 2.24) is 0 Å². The van der Waals surface area contributed by atoms with Gasteiger partial charge in [0.2, 0.25) is 0 Å². The molecule has 0 aromatic heterocycles. The van der Waals surface area contributed by atoms with Crippen molar-refractivity contribution in [2.45, 2.75) is 64.2 Å². The van der Waals surface area contributed by atoms with Crippen molar-refractivity contribution in [2.75, 3.05) is 11.5 Å². The molecule has 0 saturated heterocycles. The quantitative estimate of drug-likeness (QED) is 0.298. The van der Waals surface area contributed by atoms with Gasteiger partial charge in [-0.25, -0.2) is 0 Å². The second-order valence-corrected chi connectivity index (χ2v) is 7.69. The molecular weight excluding hydrogens is 328 g/mol. The maximum atomic E-state index is 4.32. The van der Waals surface area contributed by atoms with E-state index in [1.54, 1.807) is 0 Å². The molecule has 0 radical (unpaired) electrons. The van der Waals surface area contributed by atoms with Gasteiger partial charge < -0.3 is 0 Å². The van der Waals surface area contributed by atoms with Crippen LogP contribution in [0.1, 0.15) is 62.5 Å². The van der Waals surface area contributed by atoms with Gasteiger partial charge in [-0.2, -0.15) is 25.3 Å². The van der Waals surface area contributed by atoms with Gasteiger partial charge in [0.05, 0.1) is 0 Å². The first-order valence-corrected chi connectivity index (χ1v) is 10.8. The van der Waals surface area contributed by atoms with Gasteiger partial charge in [0.25, 0.3) is 0 Å². The average Bonchev–Trinajstić information content (AvgIpc) is 2.60. The third-order valence-electron chi connectivity index (χ3n) is 4.74. The molecule has 2 aromatic rings. The van der Waals surface area contributed by atoms with Gasteiger partial charge in [-0.15, -0.1) is 0 Å². The van der Waals surface area contributed by atoms with Gasteiger partial charge in [-0.3, -0.25) is 0 Å². The molecule has 0 bridgehead atoms. The lowest BCUT2D eigenvalue weighted by atomic mass is 10.00. The van der Waals surface area contributed by atoms with Crippen LogP contribution in [0, 0.1) is 0 Å². The van der Waals surface area contributed by atoms with Crippen LogP contribution in [0.25, 0.3) is 10.8 Å². The highest BCUT2D eigenvalue weighted by Crippen LogP contribution is 2.20. The molecule has 2 rings (SSSR count). The second-order valence-electron chi connectivity index (χ2n) is 6.79. The van der Waals surface area contributed by atoms with Crippen LogP contribution in [-0.2, 0) is 12.8 Å². The molecule has 0 saturated carbocycles. The van der Waals surface area contributed by atoms with E-state index in [-0.39, 0.29) is 0 Å². The Morgan fingerprint density at radius 2 is 1.00 bits per heavy atom. The van der Waals surface area contributed by atoms with Crippen molar-refractivity contribution in [2.24, 2.45) is 0 Å². The minimum atomic E-state index is 0.915. The molecule has 132 valence electrons.